The molecule has 0 bridgehead atoms. The Balaban J connectivity index is 1.60. The van der Waals surface area contributed by atoms with E-state index in [-0.39, 0.29) is 11.7 Å². The monoisotopic (exact) mass is 359 g/mol. The maximum Gasteiger partial charge on any atom is 0.274 e. The highest BCUT2D eigenvalue weighted by molar-refractivity contribution is 6.04. The first-order valence-corrected chi connectivity index (χ1v) is 8.69. The first-order valence-electron chi connectivity index (χ1n) is 8.69. The maximum absolute atomic E-state index is 12.3. The molecule has 2 aromatic carbocycles. The number of benzene rings is 2. The Bertz CT molecular complexity index is 948. The Morgan fingerprint density at radius 1 is 0.963 bits per heavy atom. The zero-order chi connectivity index (χ0) is 19.2. The second-order valence-electron chi connectivity index (χ2n) is 6.36. The minimum absolute atomic E-state index is 0.0479. The van der Waals surface area contributed by atoms with Crippen LogP contribution in [0, 0.1) is 6.92 Å². The van der Waals surface area contributed by atoms with Crippen molar-refractivity contribution in [1.82, 2.24) is 4.98 Å². The zero-order valence-electron chi connectivity index (χ0n) is 15.3. The van der Waals surface area contributed by atoms with Crippen molar-refractivity contribution in [1.29, 1.82) is 0 Å². The van der Waals surface area contributed by atoms with Crippen LogP contribution in [-0.4, -0.2) is 16.7 Å². The fourth-order valence-electron chi connectivity index (χ4n) is 2.55. The highest BCUT2D eigenvalue weighted by atomic mass is 16.2. The second kappa shape index (κ2) is 8.27. The molecule has 3 rings (SSSR count). The van der Waals surface area contributed by atoms with Gasteiger partial charge in [-0.1, -0.05) is 42.0 Å². The van der Waals surface area contributed by atoms with Crippen LogP contribution in [0.1, 0.15) is 38.9 Å². The maximum atomic E-state index is 12.3. The fourth-order valence-corrected chi connectivity index (χ4v) is 2.55. The van der Waals surface area contributed by atoms with E-state index in [0.717, 1.165) is 5.69 Å². The molecule has 5 nitrogen and oxygen atoms in total. The van der Waals surface area contributed by atoms with E-state index in [1.807, 2.05) is 6.07 Å². The number of nitrogens with one attached hydrogen (secondary N) is 2. The number of rotatable bonds is 6. The summed E-state index contributed by atoms with van der Waals surface area (Å²) in [7, 11) is 0. The number of Topliss-reactive ketones (excluding diaryl/α,β-unsaturated/α-hetero) is 1. The van der Waals surface area contributed by atoms with Crippen LogP contribution in [0.2, 0.25) is 0 Å². The Labute approximate surface area is 158 Å². The third-order valence-electron chi connectivity index (χ3n) is 4.14. The Morgan fingerprint density at radius 2 is 1.74 bits per heavy atom. The highest BCUT2D eigenvalue weighted by Crippen LogP contribution is 2.14. The van der Waals surface area contributed by atoms with Crippen LogP contribution in [0.5, 0.6) is 0 Å². The van der Waals surface area contributed by atoms with Gasteiger partial charge in [0.15, 0.2) is 5.78 Å². The Kier molecular flexibility index (Phi) is 5.61. The molecule has 0 atom stereocenters. The number of pyridine rings is 1. The molecule has 0 saturated carbocycles. The molecule has 0 aliphatic heterocycles. The number of aromatic nitrogens is 1. The van der Waals surface area contributed by atoms with Crippen LogP contribution in [0.15, 0.2) is 66.9 Å². The molecule has 136 valence electrons. The van der Waals surface area contributed by atoms with Gasteiger partial charge in [0.25, 0.3) is 5.91 Å². The number of aryl methyl sites for hydroxylation is 1. The van der Waals surface area contributed by atoms with Crippen molar-refractivity contribution in [3.05, 3.63) is 89.2 Å². The standard InChI is InChI=1S/C22H21N3O2/c1-15-6-8-17(9-7-15)13-23-20-10-11-21(24-14-20)22(27)25-19-5-3-4-18(12-19)16(2)26/h3-12,14,23H,13H2,1-2H3,(H,25,27). The number of anilines is 2. The smallest absolute Gasteiger partial charge is 0.274 e. The average Bonchev–Trinajstić information content (AvgIpc) is 2.68. The van der Waals surface area contributed by atoms with Crippen LogP contribution in [-0.2, 0) is 6.54 Å². The van der Waals surface area contributed by atoms with Crippen LogP contribution in [0.4, 0.5) is 11.4 Å². The van der Waals surface area contributed by atoms with Crippen LogP contribution in [0.3, 0.4) is 0 Å². The van der Waals surface area contributed by atoms with E-state index in [9.17, 15) is 9.59 Å². The van der Waals surface area contributed by atoms with Gasteiger partial charge in [0.05, 0.1) is 11.9 Å². The van der Waals surface area contributed by atoms with Crippen LogP contribution < -0.4 is 10.6 Å². The van der Waals surface area contributed by atoms with E-state index in [2.05, 4.69) is 46.8 Å². The summed E-state index contributed by atoms with van der Waals surface area (Å²) < 4.78 is 0. The fraction of sp³-hybridized carbons (Fsp3) is 0.136. The lowest BCUT2D eigenvalue weighted by atomic mass is 10.1. The van der Waals surface area contributed by atoms with Crippen molar-refractivity contribution < 1.29 is 9.59 Å². The van der Waals surface area contributed by atoms with Gasteiger partial charge < -0.3 is 10.6 Å². The number of carbonyl (C=O) groups is 2. The molecular weight excluding hydrogens is 338 g/mol. The summed E-state index contributed by atoms with van der Waals surface area (Å²) in [5.74, 6) is -0.367. The first kappa shape index (κ1) is 18.3. The molecule has 0 radical (unpaired) electrons. The lowest BCUT2D eigenvalue weighted by molar-refractivity contribution is 0.100. The molecular formula is C22H21N3O2. The van der Waals surface area contributed by atoms with E-state index < -0.39 is 0 Å². The van der Waals surface area contributed by atoms with Gasteiger partial charge in [-0.2, -0.15) is 0 Å². The lowest BCUT2D eigenvalue weighted by Gasteiger charge is -2.08. The highest BCUT2D eigenvalue weighted by Gasteiger charge is 2.09. The summed E-state index contributed by atoms with van der Waals surface area (Å²) in [6, 6.07) is 18.6. The molecule has 0 spiro atoms. The second-order valence-corrected chi connectivity index (χ2v) is 6.36. The molecule has 1 amide bonds. The first-order chi connectivity index (χ1) is 13.0. The molecule has 2 N–H and O–H groups in total. The molecule has 0 fully saturated rings. The molecule has 0 aliphatic carbocycles. The largest absolute Gasteiger partial charge is 0.380 e. The van der Waals surface area contributed by atoms with Crippen LogP contribution >= 0.6 is 0 Å². The third kappa shape index (κ3) is 5.01. The van der Waals surface area contributed by atoms with Crippen molar-refractivity contribution in [3.63, 3.8) is 0 Å². The van der Waals surface area contributed by atoms with Gasteiger partial charge in [0, 0.05) is 17.8 Å². The molecule has 0 aliphatic rings. The molecule has 0 saturated heterocycles. The van der Waals surface area contributed by atoms with Gasteiger partial charge in [-0.15, -0.1) is 0 Å². The summed E-state index contributed by atoms with van der Waals surface area (Å²) in [5.41, 5.74) is 4.67. The van der Waals surface area contributed by atoms with E-state index >= 15 is 0 Å². The molecule has 0 unspecified atom stereocenters. The van der Waals surface area contributed by atoms with Gasteiger partial charge in [-0.3, -0.25) is 9.59 Å². The topological polar surface area (TPSA) is 71.1 Å². The quantitative estimate of drug-likeness (QED) is 0.638. The summed E-state index contributed by atoms with van der Waals surface area (Å²) in [6.45, 7) is 4.23. The number of carbonyl (C=O) groups excluding carboxylic acids is 2. The van der Waals surface area contributed by atoms with Crippen molar-refractivity contribution in [3.8, 4) is 0 Å². The zero-order valence-corrected chi connectivity index (χ0v) is 15.3. The van der Waals surface area contributed by atoms with Gasteiger partial charge in [0.1, 0.15) is 5.69 Å². The van der Waals surface area contributed by atoms with Gasteiger partial charge in [-0.05, 0) is 43.7 Å². The third-order valence-corrected chi connectivity index (χ3v) is 4.14. The number of hydrogen-bond donors (Lipinski definition) is 2. The van der Waals surface area contributed by atoms with E-state index in [0.29, 0.717) is 23.5 Å². The SMILES string of the molecule is CC(=O)c1cccc(NC(=O)c2ccc(NCc3ccc(C)cc3)cn2)c1. The van der Waals surface area contributed by atoms with Crippen molar-refractivity contribution >= 4 is 23.1 Å². The Hall–Kier alpha value is -3.47. The minimum atomic E-state index is -0.319. The predicted molar refractivity (Wildman–Crippen MR) is 107 cm³/mol. The summed E-state index contributed by atoms with van der Waals surface area (Å²) in [6.07, 6.45) is 1.63. The van der Waals surface area contributed by atoms with Crippen LogP contribution in [0.25, 0.3) is 0 Å². The summed E-state index contributed by atoms with van der Waals surface area (Å²) >= 11 is 0. The molecule has 5 heteroatoms. The number of ketones is 1. The number of hydrogen-bond acceptors (Lipinski definition) is 4. The van der Waals surface area contributed by atoms with Crippen molar-refractivity contribution in [2.24, 2.45) is 0 Å². The molecule has 3 aromatic rings. The molecule has 1 heterocycles. The lowest BCUT2D eigenvalue weighted by Crippen LogP contribution is -2.14. The minimum Gasteiger partial charge on any atom is -0.380 e. The van der Waals surface area contributed by atoms with E-state index in [1.165, 1.54) is 18.1 Å². The molecule has 1 aromatic heterocycles. The van der Waals surface area contributed by atoms with Gasteiger partial charge in [0.2, 0.25) is 0 Å². The average molecular weight is 359 g/mol. The van der Waals surface area contributed by atoms with Gasteiger partial charge >= 0.3 is 0 Å². The Morgan fingerprint density at radius 3 is 2.41 bits per heavy atom. The van der Waals surface area contributed by atoms with Gasteiger partial charge in [-0.25, -0.2) is 4.98 Å². The molecule has 27 heavy (non-hydrogen) atoms. The predicted octanol–water partition coefficient (Wildman–Crippen LogP) is 4.46. The van der Waals surface area contributed by atoms with E-state index in [4.69, 9.17) is 0 Å². The number of amides is 1. The normalized spacial score (nSPS) is 10.3. The summed E-state index contributed by atoms with van der Waals surface area (Å²) in [4.78, 5) is 28.0. The number of nitrogens with zero attached hydrogens (tertiary/aromatic N) is 1. The van der Waals surface area contributed by atoms with E-state index in [1.54, 1.807) is 36.5 Å². The van der Waals surface area contributed by atoms with Crippen molar-refractivity contribution in [2.75, 3.05) is 10.6 Å². The van der Waals surface area contributed by atoms with Crippen molar-refractivity contribution in [2.45, 2.75) is 20.4 Å². The summed E-state index contributed by atoms with van der Waals surface area (Å²) in [5, 5.41) is 6.05.